The van der Waals surface area contributed by atoms with Gasteiger partial charge in [0.2, 0.25) is 0 Å². The number of amides is 2. The van der Waals surface area contributed by atoms with Crippen molar-refractivity contribution >= 4 is 28.6 Å². The summed E-state index contributed by atoms with van der Waals surface area (Å²) >= 11 is 0. The van der Waals surface area contributed by atoms with E-state index in [0.717, 1.165) is 67.4 Å². The molecular formula is C29H32N4O3. The number of ether oxygens (including phenoxy) is 1. The smallest absolute Gasteiger partial charge is 0.411 e. The zero-order valence-electron chi connectivity index (χ0n) is 20.9. The van der Waals surface area contributed by atoms with Crippen LogP contribution in [0, 0.1) is 11.3 Å². The molecule has 1 saturated heterocycles. The van der Waals surface area contributed by atoms with E-state index in [9.17, 15) is 14.9 Å². The average molecular weight is 485 g/mol. The van der Waals surface area contributed by atoms with Crippen molar-refractivity contribution in [2.75, 3.05) is 18.4 Å². The van der Waals surface area contributed by atoms with Crippen molar-refractivity contribution in [1.29, 1.82) is 5.26 Å². The highest BCUT2D eigenvalue weighted by molar-refractivity contribution is 6.01. The molecule has 2 fully saturated rings. The molecule has 1 saturated carbocycles. The molecule has 3 aromatic rings. The van der Waals surface area contributed by atoms with Crippen LogP contribution in [0.1, 0.15) is 74.3 Å². The summed E-state index contributed by atoms with van der Waals surface area (Å²) in [7, 11) is 0. The first-order valence-corrected chi connectivity index (χ1v) is 12.9. The number of hydrogen-bond acceptors (Lipinski definition) is 4. The molecule has 1 N–H and O–H groups in total. The molecule has 5 rings (SSSR count). The molecule has 2 aliphatic rings. The van der Waals surface area contributed by atoms with Crippen LogP contribution in [0.5, 0.6) is 0 Å². The molecule has 2 amide bonds. The number of benzene rings is 2. The van der Waals surface area contributed by atoms with Gasteiger partial charge in [-0.2, -0.15) is 5.26 Å². The molecule has 36 heavy (non-hydrogen) atoms. The van der Waals surface area contributed by atoms with E-state index in [1.807, 2.05) is 47.4 Å². The molecule has 0 spiro atoms. The lowest BCUT2D eigenvalue weighted by Gasteiger charge is -2.30. The standard InChI is InChI=1S/C29H32N4O3/c1-19(2)36-29(35)31-22-12-9-20(10-13-22)27-25(18-30)24-14-11-21(28(34)32-15-4-3-5-16-32)17-26(24)33(27)23-7-6-8-23/h9-14,17,19,23H,3-8,15-16H2,1-2H3,(H,31,35). The Hall–Kier alpha value is -3.79. The van der Waals surface area contributed by atoms with Gasteiger partial charge in [-0.25, -0.2) is 4.79 Å². The Morgan fingerprint density at radius 2 is 1.75 bits per heavy atom. The number of nitrogens with one attached hydrogen (secondary N) is 1. The predicted molar refractivity (Wildman–Crippen MR) is 140 cm³/mol. The fraction of sp³-hybridized carbons (Fsp3) is 0.414. The molecule has 1 aliphatic carbocycles. The van der Waals surface area contributed by atoms with Crippen molar-refractivity contribution in [3.05, 3.63) is 53.6 Å². The molecule has 0 unspecified atom stereocenters. The Morgan fingerprint density at radius 3 is 2.36 bits per heavy atom. The van der Waals surface area contributed by atoms with E-state index in [-0.39, 0.29) is 12.0 Å². The Balaban J connectivity index is 1.55. The van der Waals surface area contributed by atoms with E-state index >= 15 is 0 Å². The highest BCUT2D eigenvalue weighted by Gasteiger charge is 2.29. The molecule has 7 nitrogen and oxygen atoms in total. The van der Waals surface area contributed by atoms with Gasteiger partial charge in [-0.15, -0.1) is 0 Å². The fourth-order valence-electron chi connectivity index (χ4n) is 5.22. The molecule has 186 valence electrons. The van der Waals surface area contributed by atoms with Crippen LogP contribution in [-0.4, -0.2) is 40.7 Å². The third-order valence-corrected chi connectivity index (χ3v) is 7.19. The van der Waals surface area contributed by atoms with Gasteiger partial charge in [0.15, 0.2) is 0 Å². The van der Waals surface area contributed by atoms with E-state index in [1.54, 1.807) is 13.8 Å². The topological polar surface area (TPSA) is 87.4 Å². The Bertz CT molecular complexity index is 1320. The van der Waals surface area contributed by atoms with Gasteiger partial charge in [0.05, 0.1) is 22.9 Å². The van der Waals surface area contributed by atoms with E-state index in [0.29, 0.717) is 22.9 Å². The Labute approximate surface area is 211 Å². The van der Waals surface area contributed by atoms with Gasteiger partial charge in [-0.05, 0) is 82.2 Å². The van der Waals surface area contributed by atoms with Gasteiger partial charge in [0.25, 0.3) is 5.91 Å². The molecule has 7 heteroatoms. The fourth-order valence-corrected chi connectivity index (χ4v) is 5.22. The maximum atomic E-state index is 13.2. The first-order valence-electron chi connectivity index (χ1n) is 12.9. The highest BCUT2D eigenvalue weighted by Crippen LogP contribution is 2.43. The number of nitrogens with zero attached hydrogens (tertiary/aromatic N) is 3. The average Bonchev–Trinajstić information content (AvgIpc) is 3.16. The quantitative estimate of drug-likeness (QED) is 0.448. The van der Waals surface area contributed by atoms with Crippen molar-refractivity contribution in [2.24, 2.45) is 0 Å². The van der Waals surface area contributed by atoms with Crippen molar-refractivity contribution in [3.8, 4) is 17.3 Å². The van der Waals surface area contributed by atoms with Crippen LogP contribution in [0.3, 0.4) is 0 Å². The largest absolute Gasteiger partial charge is 0.447 e. The van der Waals surface area contributed by atoms with Crippen LogP contribution in [0.25, 0.3) is 22.2 Å². The number of rotatable bonds is 5. The second-order valence-corrected chi connectivity index (χ2v) is 10.0. The lowest BCUT2D eigenvalue weighted by Crippen LogP contribution is -2.35. The minimum Gasteiger partial charge on any atom is -0.447 e. The van der Waals surface area contributed by atoms with Gasteiger partial charge in [0.1, 0.15) is 6.07 Å². The molecule has 2 heterocycles. The summed E-state index contributed by atoms with van der Waals surface area (Å²) in [6, 6.07) is 16.0. The van der Waals surface area contributed by atoms with Gasteiger partial charge in [0, 0.05) is 35.8 Å². The molecular weight excluding hydrogens is 452 g/mol. The summed E-state index contributed by atoms with van der Waals surface area (Å²) in [4.78, 5) is 27.2. The van der Waals surface area contributed by atoms with Gasteiger partial charge in [-0.3, -0.25) is 10.1 Å². The maximum Gasteiger partial charge on any atom is 0.411 e. The normalized spacial score (nSPS) is 16.0. The molecule has 0 bridgehead atoms. The summed E-state index contributed by atoms with van der Waals surface area (Å²) in [5, 5.41) is 13.8. The number of nitriles is 1. The molecule has 2 aromatic carbocycles. The van der Waals surface area contributed by atoms with Crippen LogP contribution in [0.15, 0.2) is 42.5 Å². The minimum absolute atomic E-state index is 0.0710. The summed E-state index contributed by atoms with van der Waals surface area (Å²) in [6.45, 7) is 5.22. The summed E-state index contributed by atoms with van der Waals surface area (Å²) in [6.07, 6.45) is 5.83. The first-order chi connectivity index (χ1) is 17.5. The summed E-state index contributed by atoms with van der Waals surface area (Å²) in [5.74, 6) is 0.0710. The van der Waals surface area contributed by atoms with Gasteiger partial charge >= 0.3 is 6.09 Å². The lowest BCUT2D eigenvalue weighted by molar-refractivity contribution is 0.0724. The van der Waals surface area contributed by atoms with E-state index < -0.39 is 6.09 Å². The van der Waals surface area contributed by atoms with Gasteiger partial charge < -0.3 is 14.2 Å². The SMILES string of the molecule is CC(C)OC(=O)Nc1ccc(-c2c(C#N)c3ccc(C(=O)N4CCCCC4)cc3n2C2CCC2)cc1. The van der Waals surface area contributed by atoms with Crippen LogP contribution in [-0.2, 0) is 4.74 Å². The zero-order chi connectivity index (χ0) is 25.2. The van der Waals surface area contributed by atoms with Gasteiger partial charge in [-0.1, -0.05) is 18.2 Å². The zero-order valence-corrected chi connectivity index (χ0v) is 20.9. The number of anilines is 1. The predicted octanol–water partition coefficient (Wildman–Crippen LogP) is 6.49. The number of fused-ring (bicyclic) bond motifs is 1. The lowest BCUT2D eigenvalue weighted by atomic mass is 9.92. The van der Waals surface area contributed by atoms with Crippen molar-refractivity contribution in [3.63, 3.8) is 0 Å². The molecule has 0 atom stereocenters. The molecule has 1 aromatic heterocycles. The Kier molecular flexibility index (Phi) is 6.69. The van der Waals surface area contributed by atoms with Crippen LogP contribution >= 0.6 is 0 Å². The van der Waals surface area contributed by atoms with E-state index in [1.165, 1.54) is 6.42 Å². The van der Waals surface area contributed by atoms with E-state index in [4.69, 9.17) is 4.74 Å². The molecule has 0 radical (unpaired) electrons. The maximum absolute atomic E-state index is 13.2. The third kappa shape index (κ3) is 4.56. The number of piperidine rings is 1. The van der Waals surface area contributed by atoms with Crippen LogP contribution in [0.2, 0.25) is 0 Å². The second-order valence-electron chi connectivity index (χ2n) is 10.0. The number of aromatic nitrogens is 1. The second kappa shape index (κ2) is 10.1. The first kappa shape index (κ1) is 23.9. The third-order valence-electron chi connectivity index (χ3n) is 7.19. The minimum atomic E-state index is -0.495. The van der Waals surface area contributed by atoms with Crippen molar-refractivity contribution in [1.82, 2.24) is 9.47 Å². The molecule has 1 aliphatic heterocycles. The summed E-state index contributed by atoms with van der Waals surface area (Å²) < 4.78 is 7.43. The van der Waals surface area contributed by atoms with Crippen LogP contribution in [0.4, 0.5) is 10.5 Å². The summed E-state index contributed by atoms with van der Waals surface area (Å²) in [5.41, 5.74) is 4.65. The number of hydrogen-bond donors (Lipinski definition) is 1. The van der Waals surface area contributed by atoms with Crippen LogP contribution < -0.4 is 5.32 Å². The van der Waals surface area contributed by atoms with E-state index in [2.05, 4.69) is 16.0 Å². The monoisotopic (exact) mass is 484 g/mol. The van der Waals surface area contributed by atoms with Crippen molar-refractivity contribution < 1.29 is 14.3 Å². The number of carbonyl (C=O) groups is 2. The number of carbonyl (C=O) groups excluding carboxylic acids is 2. The highest BCUT2D eigenvalue weighted by atomic mass is 16.6. The Morgan fingerprint density at radius 1 is 1.03 bits per heavy atom. The van der Waals surface area contributed by atoms with Crippen molar-refractivity contribution in [2.45, 2.75) is 64.5 Å². The number of likely N-dealkylation sites (tertiary alicyclic amines) is 1.